The molecule has 1 aromatic heterocycles. The van der Waals surface area contributed by atoms with E-state index in [0.29, 0.717) is 0 Å². The van der Waals surface area contributed by atoms with Gasteiger partial charge in [0, 0.05) is 17.5 Å². The van der Waals surface area contributed by atoms with Crippen molar-refractivity contribution in [2.24, 2.45) is 4.99 Å². The fourth-order valence-corrected chi connectivity index (χ4v) is 1.96. The Morgan fingerprint density at radius 1 is 1.39 bits per heavy atom. The lowest BCUT2D eigenvalue weighted by Crippen LogP contribution is -2.25. The fraction of sp³-hybridized carbons (Fsp3) is 0.400. The number of aromatic nitrogens is 1. The predicted molar refractivity (Wildman–Crippen MR) is 80.1 cm³/mol. The molecule has 0 aliphatic carbocycles. The van der Waals surface area contributed by atoms with Crippen LogP contribution >= 0.6 is 11.6 Å². The molecule has 0 saturated heterocycles. The van der Waals surface area contributed by atoms with E-state index in [9.17, 15) is 22.4 Å². The summed E-state index contributed by atoms with van der Waals surface area (Å²) >= 11 is 5.81. The van der Waals surface area contributed by atoms with Crippen LogP contribution in [0.3, 0.4) is 0 Å². The van der Waals surface area contributed by atoms with Gasteiger partial charge in [-0.2, -0.15) is 13.2 Å². The minimum Gasteiger partial charge on any atom is -0.300 e. The molecule has 8 heteroatoms. The first-order valence-electron chi connectivity index (χ1n) is 6.76. The van der Waals surface area contributed by atoms with Gasteiger partial charge in [0.2, 0.25) is 0 Å². The molecule has 126 valence electrons. The SMILES string of the molecule is CC/C(=C\Cc1c(F)cncc1Cl)N=C(CC(C)=O)C(F)(F)F. The molecule has 0 saturated carbocycles. The lowest BCUT2D eigenvalue weighted by atomic mass is 10.1. The van der Waals surface area contributed by atoms with Crippen molar-refractivity contribution in [2.45, 2.75) is 39.3 Å². The summed E-state index contributed by atoms with van der Waals surface area (Å²) in [5, 5.41) is 0.0838. The normalized spacial score (nSPS) is 13.3. The molecule has 0 atom stereocenters. The average molecular weight is 351 g/mol. The van der Waals surface area contributed by atoms with Gasteiger partial charge in [0.25, 0.3) is 0 Å². The van der Waals surface area contributed by atoms with Gasteiger partial charge in [0.15, 0.2) is 0 Å². The van der Waals surface area contributed by atoms with Crippen molar-refractivity contribution in [3.05, 3.63) is 40.6 Å². The van der Waals surface area contributed by atoms with Gasteiger partial charge in [0.05, 0.1) is 17.6 Å². The Kier molecular flexibility index (Phi) is 6.87. The van der Waals surface area contributed by atoms with Gasteiger partial charge in [-0.25, -0.2) is 4.39 Å². The van der Waals surface area contributed by atoms with E-state index in [-0.39, 0.29) is 29.1 Å². The summed E-state index contributed by atoms with van der Waals surface area (Å²) in [5.41, 5.74) is -0.937. The number of rotatable bonds is 6. The van der Waals surface area contributed by atoms with Crippen molar-refractivity contribution in [3.63, 3.8) is 0 Å². The first-order chi connectivity index (χ1) is 10.6. The third kappa shape index (κ3) is 6.09. The predicted octanol–water partition coefficient (Wildman–Crippen LogP) is 4.69. The average Bonchev–Trinajstić information content (AvgIpc) is 2.42. The minimum absolute atomic E-state index is 0.0227. The lowest BCUT2D eigenvalue weighted by molar-refractivity contribution is -0.117. The van der Waals surface area contributed by atoms with Crippen LogP contribution in [0.1, 0.15) is 32.3 Å². The molecule has 0 fully saturated rings. The van der Waals surface area contributed by atoms with Crippen molar-refractivity contribution < 1.29 is 22.4 Å². The van der Waals surface area contributed by atoms with E-state index in [1.54, 1.807) is 6.92 Å². The first kappa shape index (κ1) is 19.3. The second-order valence-corrected chi connectivity index (χ2v) is 5.18. The van der Waals surface area contributed by atoms with Crippen molar-refractivity contribution in [3.8, 4) is 0 Å². The second-order valence-electron chi connectivity index (χ2n) is 4.77. The van der Waals surface area contributed by atoms with Gasteiger partial charge in [0.1, 0.15) is 17.3 Å². The molecular weight excluding hydrogens is 336 g/mol. The Morgan fingerprint density at radius 3 is 2.52 bits per heavy atom. The highest BCUT2D eigenvalue weighted by atomic mass is 35.5. The highest BCUT2D eigenvalue weighted by molar-refractivity contribution is 6.31. The number of allylic oxidation sites excluding steroid dienone is 2. The third-order valence-electron chi connectivity index (χ3n) is 2.88. The van der Waals surface area contributed by atoms with Gasteiger partial charge in [-0.05, 0) is 19.8 Å². The van der Waals surface area contributed by atoms with E-state index in [1.165, 1.54) is 12.3 Å². The van der Waals surface area contributed by atoms with Crippen LogP contribution in [0.4, 0.5) is 17.6 Å². The summed E-state index contributed by atoms with van der Waals surface area (Å²) in [4.78, 5) is 18.1. The number of hydrogen-bond acceptors (Lipinski definition) is 3. The van der Waals surface area contributed by atoms with Gasteiger partial charge in [-0.1, -0.05) is 24.6 Å². The molecule has 1 aromatic rings. The summed E-state index contributed by atoms with van der Waals surface area (Å²) < 4.78 is 52.2. The molecule has 1 rings (SSSR count). The van der Waals surface area contributed by atoms with E-state index in [4.69, 9.17) is 11.6 Å². The van der Waals surface area contributed by atoms with Crippen LogP contribution in [0.2, 0.25) is 5.02 Å². The Bertz CT molecular complexity index is 619. The zero-order chi connectivity index (χ0) is 17.6. The Morgan fingerprint density at radius 2 is 2.04 bits per heavy atom. The van der Waals surface area contributed by atoms with Crippen LogP contribution in [0.15, 0.2) is 29.2 Å². The molecule has 0 bridgehead atoms. The molecule has 0 aromatic carbocycles. The first-order valence-corrected chi connectivity index (χ1v) is 7.14. The molecule has 1 heterocycles. The van der Waals surface area contributed by atoms with E-state index in [0.717, 1.165) is 13.1 Å². The molecule has 3 nitrogen and oxygen atoms in total. The molecule has 0 unspecified atom stereocenters. The standard InChI is InChI=1S/C15H15ClF4N2O/c1-3-10(22-14(6-9(2)23)15(18,19)20)4-5-11-12(16)7-21-8-13(11)17/h4,7-8H,3,5-6H2,1-2H3/b10-4+,22-14?. The van der Waals surface area contributed by atoms with Crippen molar-refractivity contribution in [1.29, 1.82) is 0 Å². The largest absolute Gasteiger partial charge is 0.429 e. The number of nitrogens with zero attached hydrogens (tertiary/aromatic N) is 2. The highest BCUT2D eigenvalue weighted by Crippen LogP contribution is 2.23. The number of carbonyl (C=O) groups excluding carboxylic acids is 1. The number of hydrogen-bond donors (Lipinski definition) is 0. The molecule has 0 amide bonds. The van der Waals surface area contributed by atoms with Crippen LogP contribution in [0.25, 0.3) is 0 Å². The molecule has 0 N–H and O–H groups in total. The number of aliphatic imine (C=N–C) groups is 1. The Hall–Kier alpha value is -1.76. The molecule has 0 aliphatic rings. The second kappa shape index (κ2) is 8.19. The number of alkyl halides is 3. The quantitative estimate of drug-likeness (QED) is 0.551. The third-order valence-corrected chi connectivity index (χ3v) is 3.20. The Labute approximate surface area is 136 Å². The van der Waals surface area contributed by atoms with Crippen molar-refractivity contribution >= 4 is 23.1 Å². The van der Waals surface area contributed by atoms with Gasteiger partial charge in [-0.15, -0.1) is 0 Å². The Balaban J connectivity index is 3.10. The maximum atomic E-state index is 13.6. The summed E-state index contributed by atoms with van der Waals surface area (Å²) in [7, 11) is 0. The van der Waals surface area contributed by atoms with E-state index < -0.39 is 29.9 Å². The number of Topliss-reactive ketones (excluding diaryl/α,β-unsaturated/α-hetero) is 1. The molecule has 23 heavy (non-hydrogen) atoms. The number of halogens is 5. The smallest absolute Gasteiger partial charge is 0.300 e. The summed E-state index contributed by atoms with van der Waals surface area (Å²) in [5.74, 6) is -1.28. The summed E-state index contributed by atoms with van der Waals surface area (Å²) in [6, 6.07) is 0. The van der Waals surface area contributed by atoms with Crippen LogP contribution in [0.5, 0.6) is 0 Å². The molecule has 0 aliphatic heterocycles. The van der Waals surface area contributed by atoms with Crippen LogP contribution in [-0.4, -0.2) is 22.7 Å². The highest BCUT2D eigenvalue weighted by Gasteiger charge is 2.36. The lowest BCUT2D eigenvalue weighted by Gasteiger charge is -2.10. The minimum atomic E-state index is -4.69. The number of pyridine rings is 1. The van der Waals surface area contributed by atoms with Gasteiger partial charge in [-0.3, -0.25) is 14.8 Å². The maximum absolute atomic E-state index is 13.6. The van der Waals surface area contributed by atoms with Crippen molar-refractivity contribution in [1.82, 2.24) is 4.98 Å². The molecule has 0 spiro atoms. The zero-order valence-electron chi connectivity index (χ0n) is 12.5. The number of carbonyl (C=O) groups is 1. The molecule has 0 radical (unpaired) electrons. The van der Waals surface area contributed by atoms with Crippen LogP contribution in [0, 0.1) is 5.82 Å². The summed E-state index contributed by atoms with van der Waals surface area (Å²) in [6.45, 7) is 2.67. The van der Waals surface area contributed by atoms with Gasteiger partial charge < -0.3 is 0 Å². The van der Waals surface area contributed by atoms with Crippen molar-refractivity contribution in [2.75, 3.05) is 0 Å². The molecular formula is C15H15ClF4N2O. The fourth-order valence-electron chi connectivity index (χ4n) is 1.73. The summed E-state index contributed by atoms with van der Waals surface area (Å²) in [6.07, 6.45) is -1.74. The van der Waals surface area contributed by atoms with Gasteiger partial charge >= 0.3 is 6.18 Å². The van der Waals surface area contributed by atoms with Crippen LogP contribution < -0.4 is 0 Å². The topological polar surface area (TPSA) is 42.3 Å². The van der Waals surface area contributed by atoms with E-state index in [2.05, 4.69) is 9.98 Å². The van der Waals surface area contributed by atoms with E-state index >= 15 is 0 Å². The maximum Gasteiger partial charge on any atom is 0.429 e. The van der Waals surface area contributed by atoms with Crippen LogP contribution in [-0.2, 0) is 11.2 Å². The zero-order valence-corrected chi connectivity index (χ0v) is 13.3. The number of ketones is 1. The van der Waals surface area contributed by atoms with E-state index in [1.807, 2.05) is 0 Å². The monoisotopic (exact) mass is 350 g/mol.